The quantitative estimate of drug-likeness (QED) is 0.856. The van der Waals surface area contributed by atoms with E-state index in [4.69, 9.17) is 4.42 Å². The fraction of sp³-hybridized carbons (Fsp3) is 0.417. The molecule has 0 N–H and O–H groups in total. The van der Waals surface area contributed by atoms with Gasteiger partial charge in [0.15, 0.2) is 5.76 Å². The smallest absolute Gasteiger partial charge is 0.289 e. The van der Waals surface area contributed by atoms with Crippen LogP contribution in [0.1, 0.15) is 10.6 Å². The first-order valence-electron chi connectivity index (χ1n) is 5.55. The van der Waals surface area contributed by atoms with Gasteiger partial charge in [-0.1, -0.05) is 22.5 Å². The van der Waals surface area contributed by atoms with Crippen molar-refractivity contribution >= 4 is 21.8 Å². The van der Waals surface area contributed by atoms with Crippen molar-refractivity contribution in [3.63, 3.8) is 0 Å². The zero-order valence-electron chi connectivity index (χ0n) is 9.56. The van der Waals surface area contributed by atoms with Crippen molar-refractivity contribution in [1.29, 1.82) is 0 Å². The van der Waals surface area contributed by atoms with Gasteiger partial charge in [0.05, 0.1) is 6.26 Å². The van der Waals surface area contributed by atoms with E-state index in [9.17, 15) is 4.79 Å². The number of furan rings is 1. The lowest BCUT2D eigenvalue weighted by molar-refractivity contribution is 0.0618. The standard InChI is InChI=1S/C12H15BrN2O2/c1-10(13)9-14-4-6-15(7-5-14)12(16)11-3-2-8-17-11/h2-3,8H,1,4-7,9H2. The fourth-order valence-electron chi connectivity index (χ4n) is 1.91. The zero-order valence-corrected chi connectivity index (χ0v) is 11.1. The summed E-state index contributed by atoms with van der Waals surface area (Å²) in [6.45, 7) is 7.88. The number of piperazine rings is 1. The van der Waals surface area contributed by atoms with Gasteiger partial charge in [-0.25, -0.2) is 0 Å². The molecule has 5 heteroatoms. The van der Waals surface area contributed by atoms with E-state index in [1.165, 1.54) is 6.26 Å². The molecule has 0 unspecified atom stereocenters. The second-order valence-electron chi connectivity index (χ2n) is 4.06. The number of nitrogens with zero attached hydrogens (tertiary/aromatic N) is 2. The molecule has 1 amide bonds. The molecule has 17 heavy (non-hydrogen) atoms. The van der Waals surface area contributed by atoms with Gasteiger partial charge >= 0.3 is 0 Å². The number of hydrogen-bond acceptors (Lipinski definition) is 3. The van der Waals surface area contributed by atoms with Crippen LogP contribution in [0, 0.1) is 0 Å². The SMILES string of the molecule is C=C(Br)CN1CCN(C(=O)c2ccco2)CC1. The number of hydrogen-bond donors (Lipinski definition) is 0. The van der Waals surface area contributed by atoms with Gasteiger partial charge in [0.25, 0.3) is 5.91 Å². The van der Waals surface area contributed by atoms with Crippen molar-refractivity contribution in [2.45, 2.75) is 0 Å². The van der Waals surface area contributed by atoms with E-state index in [1.807, 2.05) is 4.90 Å². The van der Waals surface area contributed by atoms with Crippen LogP contribution in [0.4, 0.5) is 0 Å². The monoisotopic (exact) mass is 298 g/mol. The van der Waals surface area contributed by atoms with Gasteiger partial charge in [0, 0.05) is 37.2 Å². The highest BCUT2D eigenvalue weighted by Crippen LogP contribution is 2.11. The minimum atomic E-state index is -0.0210. The van der Waals surface area contributed by atoms with Crippen molar-refractivity contribution in [3.8, 4) is 0 Å². The Morgan fingerprint density at radius 1 is 1.41 bits per heavy atom. The lowest BCUT2D eigenvalue weighted by atomic mass is 10.3. The summed E-state index contributed by atoms with van der Waals surface area (Å²) in [6.07, 6.45) is 1.53. The van der Waals surface area contributed by atoms with Gasteiger partial charge in [-0.2, -0.15) is 0 Å². The lowest BCUT2D eigenvalue weighted by Crippen LogP contribution is -2.48. The average Bonchev–Trinajstić information content (AvgIpc) is 2.82. The van der Waals surface area contributed by atoms with E-state index in [0.717, 1.165) is 37.2 Å². The van der Waals surface area contributed by atoms with Gasteiger partial charge in [-0.15, -0.1) is 0 Å². The van der Waals surface area contributed by atoms with Gasteiger partial charge < -0.3 is 9.32 Å². The highest BCUT2D eigenvalue weighted by molar-refractivity contribution is 9.11. The molecule has 1 aromatic heterocycles. The van der Waals surface area contributed by atoms with E-state index in [0.29, 0.717) is 5.76 Å². The number of carbonyl (C=O) groups is 1. The Balaban J connectivity index is 1.87. The van der Waals surface area contributed by atoms with Crippen molar-refractivity contribution < 1.29 is 9.21 Å². The Bertz CT molecular complexity index is 395. The molecule has 1 fully saturated rings. The number of carbonyl (C=O) groups excluding carboxylic acids is 1. The van der Waals surface area contributed by atoms with Crippen molar-refractivity contribution in [2.75, 3.05) is 32.7 Å². The minimum absolute atomic E-state index is 0.0210. The number of rotatable bonds is 3. The molecule has 2 heterocycles. The molecule has 1 saturated heterocycles. The largest absolute Gasteiger partial charge is 0.459 e. The van der Waals surface area contributed by atoms with Crippen LogP contribution in [0.3, 0.4) is 0 Å². The lowest BCUT2D eigenvalue weighted by Gasteiger charge is -2.34. The first kappa shape index (κ1) is 12.4. The second-order valence-corrected chi connectivity index (χ2v) is 5.18. The third kappa shape index (κ3) is 3.20. The molecule has 1 aliphatic rings. The molecule has 0 bridgehead atoms. The van der Waals surface area contributed by atoms with E-state index < -0.39 is 0 Å². The van der Waals surface area contributed by atoms with Crippen LogP contribution in [0.15, 0.2) is 33.9 Å². The predicted molar refractivity (Wildman–Crippen MR) is 69.1 cm³/mol. The zero-order chi connectivity index (χ0) is 12.3. The Morgan fingerprint density at radius 2 is 2.12 bits per heavy atom. The van der Waals surface area contributed by atoms with Crippen LogP contribution in [-0.2, 0) is 0 Å². The normalized spacial score (nSPS) is 17.1. The van der Waals surface area contributed by atoms with Crippen molar-refractivity contribution in [3.05, 3.63) is 35.2 Å². The highest BCUT2D eigenvalue weighted by atomic mass is 79.9. The summed E-state index contributed by atoms with van der Waals surface area (Å²) in [7, 11) is 0. The molecule has 4 nitrogen and oxygen atoms in total. The maximum atomic E-state index is 12.0. The second kappa shape index (κ2) is 5.51. The Kier molecular flexibility index (Phi) is 4.02. The first-order chi connectivity index (χ1) is 8.16. The van der Waals surface area contributed by atoms with Crippen LogP contribution < -0.4 is 0 Å². The maximum absolute atomic E-state index is 12.0. The summed E-state index contributed by atoms with van der Waals surface area (Å²) in [6, 6.07) is 3.44. The Morgan fingerprint density at radius 3 is 2.65 bits per heavy atom. The topological polar surface area (TPSA) is 36.7 Å². The van der Waals surface area contributed by atoms with E-state index in [2.05, 4.69) is 27.4 Å². The average molecular weight is 299 g/mol. The summed E-state index contributed by atoms with van der Waals surface area (Å²) in [4.78, 5) is 16.1. The Hall–Kier alpha value is -1.07. The molecule has 1 aromatic rings. The number of halogens is 1. The summed E-state index contributed by atoms with van der Waals surface area (Å²) in [5, 5.41) is 0. The molecule has 92 valence electrons. The molecule has 1 aliphatic heterocycles. The summed E-state index contributed by atoms with van der Waals surface area (Å²) < 4.78 is 6.09. The molecule has 0 saturated carbocycles. The maximum Gasteiger partial charge on any atom is 0.289 e. The Labute approximate surface area is 109 Å². The van der Waals surface area contributed by atoms with Gasteiger partial charge in [-0.05, 0) is 12.1 Å². The molecule has 0 radical (unpaired) electrons. The fourth-order valence-corrected chi connectivity index (χ4v) is 2.26. The predicted octanol–water partition coefficient (Wildman–Crippen LogP) is 1.95. The first-order valence-corrected chi connectivity index (χ1v) is 6.34. The number of amides is 1. The van der Waals surface area contributed by atoms with Gasteiger partial charge in [0.1, 0.15) is 0 Å². The van der Waals surface area contributed by atoms with Crippen LogP contribution in [0.5, 0.6) is 0 Å². The van der Waals surface area contributed by atoms with Crippen LogP contribution >= 0.6 is 15.9 Å². The van der Waals surface area contributed by atoms with Gasteiger partial charge in [0.2, 0.25) is 0 Å². The molecule has 0 aliphatic carbocycles. The summed E-state index contributed by atoms with van der Waals surface area (Å²) >= 11 is 3.35. The minimum Gasteiger partial charge on any atom is -0.459 e. The van der Waals surface area contributed by atoms with Gasteiger partial charge in [-0.3, -0.25) is 9.69 Å². The third-order valence-corrected chi connectivity index (χ3v) is 3.04. The molecule has 0 aromatic carbocycles. The third-order valence-electron chi connectivity index (χ3n) is 2.79. The van der Waals surface area contributed by atoms with E-state index in [-0.39, 0.29) is 5.91 Å². The van der Waals surface area contributed by atoms with Crippen LogP contribution in [0.2, 0.25) is 0 Å². The summed E-state index contributed by atoms with van der Waals surface area (Å²) in [5.74, 6) is 0.399. The van der Waals surface area contributed by atoms with Crippen LogP contribution in [0.25, 0.3) is 0 Å². The molecule has 0 atom stereocenters. The molecule has 0 spiro atoms. The molecular weight excluding hydrogens is 284 g/mol. The van der Waals surface area contributed by atoms with E-state index in [1.54, 1.807) is 12.1 Å². The summed E-state index contributed by atoms with van der Waals surface area (Å²) in [5.41, 5.74) is 0. The van der Waals surface area contributed by atoms with E-state index >= 15 is 0 Å². The highest BCUT2D eigenvalue weighted by Gasteiger charge is 2.23. The van der Waals surface area contributed by atoms with Crippen molar-refractivity contribution in [1.82, 2.24) is 9.80 Å². The van der Waals surface area contributed by atoms with Crippen molar-refractivity contribution in [2.24, 2.45) is 0 Å². The molecular formula is C12H15BrN2O2. The van der Waals surface area contributed by atoms with Crippen LogP contribution in [-0.4, -0.2) is 48.4 Å². The molecule has 2 rings (SSSR count).